The smallest absolute Gasteiger partial charge is 0.327 e. The Bertz CT molecular complexity index is 1250. The molecule has 3 aromatic rings. The normalized spacial score (nSPS) is 15.7. The average Bonchev–Trinajstić information content (AvgIpc) is 3.43. The second kappa shape index (κ2) is 9.42. The molecule has 0 aromatic heterocycles. The van der Waals surface area contributed by atoms with Crippen LogP contribution in [0.1, 0.15) is 31.8 Å². The highest BCUT2D eigenvalue weighted by Gasteiger charge is 2.44. The molecule has 1 fully saturated rings. The van der Waals surface area contributed by atoms with E-state index in [1.807, 2.05) is 30.3 Å². The SMILES string of the molecule is O=C1CN(C(=O)[C@H](Cc2ccc(OCc3ccccc3)cc2)N2C(=O)c3ccccc3C2=O)CO1. The molecule has 3 amide bonds. The third kappa shape index (κ3) is 4.50. The van der Waals surface area contributed by atoms with E-state index in [0.29, 0.717) is 12.4 Å². The topological polar surface area (TPSA) is 93.2 Å². The van der Waals surface area contributed by atoms with Gasteiger partial charge < -0.3 is 9.47 Å². The number of rotatable bonds is 7. The summed E-state index contributed by atoms with van der Waals surface area (Å²) >= 11 is 0. The molecule has 35 heavy (non-hydrogen) atoms. The lowest BCUT2D eigenvalue weighted by Crippen LogP contribution is -2.51. The Morgan fingerprint density at radius 3 is 2.06 bits per heavy atom. The third-order valence-corrected chi connectivity index (χ3v) is 6.04. The highest BCUT2D eigenvalue weighted by molar-refractivity contribution is 6.22. The van der Waals surface area contributed by atoms with Gasteiger partial charge in [-0.2, -0.15) is 0 Å². The van der Waals surface area contributed by atoms with Crippen LogP contribution in [-0.2, 0) is 27.4 Å². The number of carbonyl (C=O) groups excluding carboxylic acids is 4. The van der Waals surface area contributed by atoms with Gasteiger partial charge >= 0.3 is 5.97 Å². The number of carbonyl (C=O) groups is 4. The van der Waals surface area contributed by atoms with Crippen LogP contribution >= 0.6 is 0 Å². The van der Waals surface area contributed by atoms with Crippen LogP contribution in [-0.4, -0.2) is 52.8 Å². The summed E-state index contributed by atoms with van der Waals surface area (Å²) in [5.74, 6) is -1.45. The number of ether oxygens (including phenoxy) is 2. The maximum Gasteiger partial charge on any atom is 0.327 e. The first-order valence-electron chi connectivity index (χ1n) is 11.2. The van der Waals surface area contributed by atoms with E-state index in [4.69, 9.17) is 9.47 Å². The van der Waals surface area contributed by atoms with Gasteiger partial charge in [-0.05, 0) is 35.4 Å². The van der Waals surface area contributed by atoms with E-state index in [1.54, 1.807) is 48.5 Å². The predicted octanol–water partition coefficient (Wildman–Crippen LogP) is 2.82. The van der Waals surface area contributed by atoms with Crippen molar-refractivity contribution in [2.24, 2.45) is 0 Å². The Kier molecular flexibility index (Phi) is 6.01. The molecule has 0 radical (unpaired) electrons. The zero-order valence-electron chi connectivity index (χ0n) is 18.8. The molecule has 1 saturated heterocycles. The van der Waals surface area contributed by atoms with Crippen molar-refractivity contribution in [1.29, 1.82) is 0 Å². The second-order valence-corrected chi connectivity index (χ2v) is 8.35. The van der Waals surface area contributed by atoms with Crippen molar-refractivity contribution in [3.63, 3.8) is 0 Å². The molecule has 8 nitrogen and oxygen atoms in total. The van der Waals surface area contributed by atoms with Crippen LogP contribution in [0.4, 0.5) is 0 Å². The van der Waals surface area contributed by atoms with Gasteiger partial charge in [0.25, 0.3) is 11.8 Å². The molecular formula is C27H22N2O6. The maximum atomic E-state index is 13.4. The van der Waals surface area contributed by atoms with Crippen LogP contribution in [0, 0.1) is 0 Å². The highest BCUT2D eigenvalue weighted by atomic mass is 16.6. The van der Waals surface area contributed by atoms with E-state index >= 15 is 0 Å². The Labute approximate surface area is 201 Å². The molecule has 2 heterocycles. The molecular weight excluding hydrogens is 448 g/mol. The average molecular weight is 470 g/mol. The molecule has 8 heteroatoms. The third-order valence-electron chi connectivity index (χ3n) is 6.04. The molecule has 1 atom stereocenters. The largest absolute Gasteiger partial charge is 0.489 e. The van der Waals surface area contributed by atoms with E-state index in [2.05, 4.69) is 0 Å². The van der Waals surface area contributed by atoms with Crippen molar-refractivity contribution in [3.8, 4) is 5.75 Å². The van der Waals surface area contributed by atoms with Crippen molar-refractivity contribution >= 4 is 23.7 Å². The molecule has 0 saturated carbocycles. The first-order chi connectivity index (χ1) is 17.0. The fourth-order valence-corrected chi connectivity index (χ4v) is 4.22. The fraction of sp³-hybridized carbons (Fsp3) is 0.185. The maximum absolute atomic E-state index is 13.4. The summed E-state index contributed by atoms with van der Waals surface area (Å²) in [5.41, 5.74) is 2.29. The lowest BCUT2D eigenvalue weighted by atomic mass is 10.0. The van der Waals surface area contributed by atoms with Gasteiger partial charge in [-0.1, -0.05) is 54.6 Å². The summed E-state index contributed by atoms with van der Waals surface area (Å²) in [6.45, 7) is -0.00626. The number of hydrogen-bond donors (Lipinski definition) is 0. The molecule has 0 spiro atoms. The Morgan fingerprint density at radius 1 is 0.829 bits per heavy atom. The fourth-order valence-electron chi connectivity index (χ4n) is 4.22. The van der Waals surface area contributed by atoms with Crippen molar-refractivity contribution in [1.82, 2.24) is 9.80 Å². The molecule has 0 aliphatic carbocycles. The molecule has 2 aliphatic rings. The minimum atomic E-state index is -1.12. The molecule has 0 bridgehead atoms. The van der Waals surface area contributed by atoms with Crippen LogP contribution in [0.15, 0.2) is 78.9 Å². The molecule has 176 valence electrons. The number of amides is 3. The number of hydrogen-bond acceptors (Lipinski definition) is 6. The zero-order chi connectivity index (χ0) is 24.4. The Balaban J connectivity index is 1.37. The van der Waals surface area contributed by atoms with Gasteiger partial charge in [-0.3, -0.25) is 29.0 Å². The molecule has 0 N–H and O–H groups in total. The summed E-state index contributed by atoms with van der Waals surface area (Å²) < 4.78 is 10.7. The van der Waals surface area contributed by atoms with Gasteiger partial charge in [0.15, 0.2) is 6.73 Å². The quantitative estimate of drug-likeness (QED) is 0.390. The van der Waals surface area contributed by atoms with E-state index in [1.165, 1.54) is 4.90 Å². The summed E-state index contributed by atoms with van der Waals surface area (Å²) in [5, 5.41) is 0. The number of benzene rings is 3. The van der Waals surface area contributed by atoms with E-state index in [-0.39, 0.29) is 30.8 Å². The molecule has 3 aromatic carbocycles. The van der Waals surface area contributed by atoms with E-state index in [0.717, 1.165) is 16.0 Å². The van der Waals surface area contributed by atoms with Crippen molar-refractivity contribution in [2.45, 2.75) is 19.1 Å². The number of imide groups is 1. The standard InChI is InChI=1S/C27H22N2O6/c30-24-15-28(17-35-24)27(33)23(29-25(31)21-8-4-5-9-22(21)26(29)32)14-18-10-12-20(13-11-18)34-16-19-6-2-1-3-7-19/h1-13,23H,14-17H2/t23-/m0/s1. The summed E-state index contributed by atoms with van der Waals surface area (Å²) in [6.07, 6.45) is 0.0912. The summed E-state index contributed by atoms with van der Waals surface area (Å²) in [4.78, 5) is 53.4. The first kappa shape index (κ1) is 22.3. The van der Waals surface area contributed by atoms with Gasteiger partial charge in [-0.25, -0.2) is 0 Å². The Morgan fingerprint density at radius 2 is 1.46 bits per heavy atom. The van der Waals surface area contributed by atoms with Crippen LogP contribution in [0.2, 0.25) is 0 Å². The molecule has 2 aliphatic heterocycles. The number of nitrogens with zero attached hydrogens (tertiary/aromatic N) is 2. The van der Waals surface area contributed by atoms with Crippen molar-refractivity contribution < 1.29 is 28.7 Å². The van der Waals surface area contributed by atoms with Gasteiger partial charge in [0.2, 0.25) is 5.91 Å². The summed E-state index contributed by atoms with van der Waals surface area (Å²) in [7, 11) is 0. The lowest BCUT2D eigenvalue weighted by Gasteiger charge is -2.28. The zero-order valence-corrected chi connectivity index (χ0v) is 18.8. The first-order valence-corrected chi connectivity index (χ1v) is 11.2. The van der Waals surface area contributed by atoms with Gasteiger partial charge in [0, 0.05) is 6.42 Å². The van der Waals surface area contributed by atoms with Gasteiger partial charge in [-0.15, -0.1) is 0 Å². The van der Waals surface area contributed by atoms with Crippen molar-refractivity contribution in [3.05, 3.63) is 101 Å². The van der Waals surface area contributed by atoms with Crippen LogP contribution < -0.4 is 4.74 Å². The minimum Gasteiger partial charge on any atom is -0.489 e. The predicted molar refractivity (Wildman–Crippen MR) is 124 cm³/mol. The van der Waals surface area contributed by atoms with Gasteiger partial charge in [0.1, 0.15) is 24.9 Å². The number of cyclic esters (lactones) is 1. The van der Waals surface area contributed by atoms with Crippen LogP contribution in [0.3, 0.4) is 0 Å². The monoisotopic (exact) mass is 470 g/mol. The second-order valence-electron chi connectivity index (χ2n) is 8.35. The number of fused-ring (bicyclic) bond motifs is 1. The van der Waals surface area contributed by atoms with Crippen LogP contribution in [0.5, 0.6) is 5.75 Å². The van der Waals surface area contributed by atoms with Gasteiger partial charge in [0.05, 0.1) is 11.1 Å². The number of esters is 1. The highest BCUT2D eigenvalue weighted by Crippen LogP contribution is 2.27. The summed E-state index contributed by atoms with van der Waals surface area (Å²) in [6, 6.07) is 22.3. The Hall–Kier alpha value is -4.46. The van der Waals surface area contributed by atoms with Crippen molar-refractivity contribution in [2.75, 3.05) is 13.3 Å². The molecule has 5 rings (SSSR count). The minimum absolute atomic E-state index is 0.0912. The van der Waals surface area contributed by atoms with E-state index < -0.39 is 29.7 Å². The van der Waals surface area contributed by atoms with Crippen LogP contribution in [0.25, 0.3) is 0 Å². The van der Waals surface area contributed by atoms with E-state index in [9.17, 15) is 19.2 Å². The lowest BCUT2D eigenvalue weighted by molar-refractivity contribution is -0.137. The molecule has 0 unspecified atom stereocenters.